The van der Waals surface area contributed by atoms with Crippen LogP contribution in [-0.2, 0) is 24.3 Å². The van der Waals surface area contributed by atoms with Crippen molar-refractivity contribution < 1.29 is 9.69 Å². The van der Waals surface area contributed by atoms with Gasteiger partial charge in [0.05, 0.1) is 22.2 Å². The van der Waals surface area contributed by atoms with Gasteiger partial charge in [0.25, 0.3) is 5.91 Å². The van der Waals surface area contributed by atoms with Crippen molar-refractivity contribution in [1.82, 2.24) is 0 Å². The van der Waals surface area contributed by atoms with Crippen molar-refractivity contribution in [2.45, 2.75) is 19.5 Å². The van der Waals surface area contributed by atoms with Crippen LogP contribution < -0.4 is 10.2 Å². The molecule has 132 valence electrons. The quantitative estimate of drug-likeness (QED) is 0.629. The van der Waals surface area contributed by atoms with E-state index in [0.29, 0.717) is 13.0 Å². The van der Waals surface area contributed by atoms with Crippen LogP contribution in [-0.4, -0.2) is 12.5 Å². The predicted octanol–water partition coefficient (Wildman–Crippen LogP) is 3.10. The molecule has 1 amide bonds. The lowest BCUT2D eigenvalue weighted by Gasteiger charge is -2.18. The number of rotatable bonds is 8. The van der Waals surface area contributed by atoms with Gasteiger partial charge >= 0.3 is 0 Å². The number of nitrogens with zero attached hydrogens (tertiary/aromatic N) is 1. The molecule has 3 rings (SSSR count). The highest BCUT2D eigenvalue weighted by molar-refractivity contribution is 7.10. The lowest BCUT2D eigenvalue weighted by molar-refractivity contribution is -0.918. The van der Waals surface area contributed by atoms with E-state index in [2.05, 4.69) is 34.3 Å². The number of carbonyl (C=O) groups excluding carboxylic acids is 1. The Bertz CT molecular complexity index is 813. The Morgan fingerprint density at radius 2 is 1.62 bits per heavy atom. The molecule has 2 N–H and O–H groups in total. The molecular weight excluding hydrogens is 362 g/mol. The fraction of sp³-hybridized carbons (Fsp3) is 0.200. The third-order valence-corrected chi connectivity index (χ3v) is 5.69. The van der Waals surface area contributed by atoms with Crippen molar-refractivity contribution >= 4 is 34.3 Å². The molecule has 0 aliphatic heterocycles. The fourth-order valence-corrected chi connectivity index (χ4v) is 4.29. The van der Waals surface area contributed by atoms with Crippen molar-refractivity contribution in [3.8, 4) is 6.07 Å². The molecule has 0 saturated heterocycles. The van der Waals surface area contributed by atoms with E-state index in [9.17, 15) is 4.79 Å². The minimum absolute atomic E-state index is 0.00106. The van der Waals surface area contributed by atoms with Gasteiger partial charge in [-0.15, -0.1) is 22.7 Å². The van der Waals surface area contributed by atoms with E-state index in [4.69, 9.17) is 5.26 Å². The van der Waals surface area contributed by atoms with Gasteiger partial charge in [-0.05, 0) is 40.6 Å². The van der Waals surface area contributed by atoms with Gasteiger partial charge in [0, 0.05) is 5.69 Å². The summed E-state index contributed by atoms with van der Waals surface area (Å²) in [6, 6.07) is 17.9. The highest BCUT2D eigenvalue weighted by atomic mass is 32.1. The van der Waals surface area contributed by atoms with Gasteiger partial charge < -0.3 is 10.2 Å². The van der Waals surface area contributed by atoms with Crippen LogP contribution in [0.1, 0.15) is 15.3 Å². The molecule has 6 heteroatoms. The molecule has 2 heterocycles. The molecule has 2 aromatic heterocycles. The highest BCUT2D eigenvalue weighted by Crippen LogP contribution is 2.11. The molecule has 0 radical (unpaired) electrons. The van der Waals surface area contributed by atoms with Crippen molar-refractivity contribution in [3.05, 3.63) is 74.6 Å². The number of nitriles is 1. The monoisotopic (exact) mass is 382 g/mol. The number of nitrogens with one attached hydrogen (secondary N) is 2. The van der Waals surface area contributed by atoms with Gasteiger partial charge in [-0.25, -0.2) is 0 Å². The first kappa shape index (κ1) is 18.3. The Morgan fingerprint density at radius 1 is 1.00 bits per heavy atom. The van der Waals surface area contributed by atoms with E-state index < -0.39 is 0 Å². The summed E-state index contributed by atoms with van der Waals surface area (Å²) >= 11 is 3.45. The number of anilines is 1. The molecule has 0 saturated carbocycles. The second-order valence-corrected chi connectivity index (χ2v) is 8.08. The maximum absolute atomic E-state index is 12.5. The zero-order valence-corrected chi connectivity index (χ0v) is 15.9. The van der Waals surface area contributed by atoms with Crippen LogP contribution in [0.15, 0.2) is 59.3 Å². The van der Waals surface area contributed by atoms with Gasteiger partial charge in [-0.3, -0.25) is 4.79 Å². The first-order valence-electron chi connectivity index (χ1n) is 8.37. The topological polar surface area (TPSA) is 57.3 Å². The lowest BCUT2D eigenvalue weighted by atomic mass is 10.1. The average molecular weight is 383 g/mol. The number of benzene rings is 1. The van der Waals surface area contributed by atoms with E-state index in [-0.39, 0.29) is 5.91 Å². The Hall–Kier alpha value is -2.46. The predicted molar refractivity (Wildman–Crippen MR) is 106 cm³/mol. The molecule has 0 unspecified atom stereocenters. The largest absolute Gasteiger partial charge is 0.321 e. The SMILES string of the molecule is N#CCc1ccc(NC(=O)C[NH+](Cc2cccs2)Cc2cccs2)cc1. The number of quaternary nitrogens is 1. The zero-order chi connectivity index (χ0) is 18.2. The molecule has 26 heavy (non-hydrogen) atoms. The summed E-state index contributed by atoms with van der Waals surface area (Å²) in [6.45, 7) is 2.09. The number of carbonyl (C=O) groups is 1. The van der Waals surface area contributed by atoms with Crippen molar-refractivity contribution in [1.29, 1.82) is 5.26 Å². The lowest BCUT2D eigenvalue weighted by Crippen LogP contribution is -3.10. The standard InChI is InChI=1S/C20H19N3OS2/c21-10-9-16-5-7-17(8-6-16)22-20(24)15-23(13-18-3-1-11-25-18)14-19-4-2-12-26-19/h1-8,11-12H,9,13-15H2,(H,22,24)/p+1. The van der Waals surface area contributed by atoms with Gasteiger partial charge in [0.15, 0.2) is 6.54 Å². The summed E-state index contributed by atoms with van der Waals surface area (Å²) in [5, 5.41) is 15.8. The molecule has 0 fully saturated rings. The van der Waals surface area contributed by atoms with Crippen molar-refractivity contribution in [2.75, 3.05) is 11.9 Å². The zero-order valence-electron chi connectivity index (χ0n) is 14.3. The van der Waals surface area contributed by atoms with Crippen LogP contribution in [0.4, 0.5) is 5.69 Å². The number of thiophene rings is 2. The molecule has 0 aliphatic rings. The molecule has 0 bridgehead atoms. The van der Waals surface area contributed by atoms with Crippen molar-refractivity contribution in [2.24, 2.45) is 0 Å². The highest BCUT2D eigenvalue weighted by Gasteiger charge is 2.17. The number of hydrogen-bond donors (Lipinski definition) is 2. The first-order chi connectivity index (χ1) is 12.7. The van der Waals surface area contributed by atoms with Crippen LogP contribution in [0.25, 0.3) is 0 Å². The summed E-state index contributed by atoms with van der Waals surface area (Å²) in [5.41, 5.74) is 1.72. The summed E-state index contributed by atoms with van der Waals surface area (Å²) < 4.78 is 0. The van der Waals surface area contributed by atoms with Gasteiger partial charge in [0.2, 0.25) is 0 Å². The molecule has 0 atom stereocenters. The van der Waals surface area contributed by atoms with E-state index in [0.717, 1.165) is 24.3 Å². The second kappa shape index (κ2) is 9.30. The summed E-state index contributed by atoms with van der Waals surface area (Å²) in [7, 11) is 0. The van der Waals surface area contributed by atoms with E-state index in [1.54, 1.807) is 22.7 Å². The Morgan fingerprint density at radius 3 is 2.12 bits per heavy atom. The van der Waals surface area contributed by atoms with Crippen LogP contribution in [0.5, 0.6) is 0 Å². The Balaban J connectivity index is 1.61. The third-order valence-electron chi connectivity index (χ3n) is 3.94. The molecule has 3 aromatic rings. The van der Waals surface area contributed by atoms with Crippen LogP contribution in [0, 0.1) is 11.3 Å². The van der Waals surface area contributed by atoms with Crippen molar-refractivity contribution in [3.63, 3.8) is 0 Å². The first-order valence-corrected chi connectivity index (χ1v) is 10.1. The van der Waals surface area contributed by atoms with E-state index >= 15 is 0 Å². The summed E-state index contributed by atoms with van der Waals surface area (Å²) in [6.07, 6.45) is 0.383. The Kier molecular flexibility index (Phi) is 6.56. The summed E-state index contributed by atoms with van der Waals surface area (Å²) in [5.74, 6) is 0.00106. The fourth-order valence-electron chi connectivity index (χ4n) is 2.74. The van der Waals surface area contributed by atoms with Crippen LogP contribution >= 0.6 is 22.7 Å². The van der Waals surface area contributed by atoms with Gasteiger partial charge in [-0.1, -0.05) is 24.3 Å². The molecule has 0 spiro atoms. The maximum atomic E-state index is 12.5. The number of hydrogen-bond acceptors (Lipinski definition) is 4. The third kappa shape index (κ3) is 5.53. The molecular formula is C20H20N3OS2+. The van der Waals surface area contributed by atoms with Crippen LogP contribution in [0.3, 0.4) is 0 Å². The Labute approximate surface area is 161 Å². The van der Waals surface area contributed by atoms with E-state index in [1.807, 2.05) is 36.4 Å². The smallest absolute Gasteiger partial charge is 0.279 e. The van der Waals surface area contributed by atoms with Gasteiger partial charge in [-0.2, -0.15) is 5.26 Å². The minimum Gasteiger partial charge on any atom is -0.321 e. The molecule has 0 aliphatic carbocycles. The van der Waals surface area contributed by atoms with Crippen LogP contribution in [0.2, 0.25) is 0 Å². The second-order valence-electron chi connectivity index (χ2n) is 6.02. The molecule has 1 aromatic carbocycles. The summed E-state index contributed by atoms with van der Waals surface area (Å²) in [4.78, 5) is 16.3. The van der Waals surface area contributed by atoms with Gasteiger partial charge in [0.1, 0.15) is 13.1 Å². The number of amides is 1. The normalized spacial score (nSPS) is 10.6. The van der Waals surface area contributed by atoms with E-state index in [1.165, 1.54) is 14.7 Å². The molecule has 4 nitrogen and oxygen atoms in total. The minimum atomic E-state index is 0.00106. The maximum Gasteiger partial charge on any atom is 0.279 e. The average Bonchev–Trinajstić information content (AvgIpc) is 3.31.